The Balaban J connectivity index is 0.000000168. The number of nitrogens with zero attached hydrogens (tertiary/aromatic N) is 1. The van der Waals surface area contributed by atoms with Crippen molar-refractivity contribution in [3.05, 3.63) is 0 Å². The van der Waals surface area contributed by atoms with Crippen LogP contribution in [0.4, 0.5) is 13.2 Å². The monoisotopic (exact) mass is 236 g/mol. The molecule has 2 fully saturated rings. The van der Waals surface area contributed by atoms with Crippen LogP contribution in [0.2, 0.25) is 0 Å². The Labute approximate surface area is 90.0 Å². The summed E-state index contributed by atoms with van der Waals surface area (Å²) in [5.74, 6) is -2.38. The van der Waals surface area contributed by atoms with E-state index in [2.05, 4.69) is 11.4 Å². The van der Waals surface area contributed by atoms with E-state index in [1.165, 1.54) is 0 Å². The van der Waals surface area contributed by atoms with Crippen molar-refractivity contribution < 1.29 is 23.1 Å². The molecule has 0 atom stereocenters. The molecule has 0 aromatic heterocycles. The Morgan fingerprint density at radius 3 is 2.06 bits per heavy atom. The highest BCUT2D eigenvalue weighted by molar-refractivity contribution is 5.73. The highest BCUT2D eigenvalue weighted by Crippen LogP contribution is 2.47. The number of aliphatic carboxylic acids is 1. The summed E-state index contributed by atoms with van der Waals surface area (Å²) in [4.78, 5) is 8.90. The molecule has 0 unspecified atom stereocenters. The summed E-state index contributed by atoms with van der Waals surface area (Å²) in [5.41, 5.74) is 0.584. The molecule has 0 radical (unpaired) electrons. The van der Waals surface area contributed by atoms with Crippen LogP contribution in [0.25, 0.3) is 0 Å². The first-order valence-electron chi connectivity index (χ1n) is 4.69. The van der Waals surface area contributed by atoms with E-state index >= 15 is 0 Å². The lowest BCUT2D eigenvalue weighted by atomic mass is 9.59. The molecule has 2 N–H and O–H groups in total. The molecule has 1 saturated heterocycles. The summed E-state index contributed by atoms with van der Waals surface area (Å²) in [7, 11) is 0. The summed E-state index contributed by atoms with van der Waals surface area (Å²) in [5, 5.41) is 18.8. The second-order valence-corrected chi connectivity index (χ2v) is 4.14. The van der Waals surface area contributed by atoms with Gasteiger partial charge in [0.25, 0.3) is 0 Å². The molecule has 0 amide bonds. The number of carboxylic acid groups (broad SMARTS) is 1. The summed E-state index contributed by atoms with van der Waals surface area (Å²) in [6.45, 7) is 2.32. The van der Waals surface area contributed by atoms with Gasteiger partial charge in [0.15, 0.2) is 0 Å². The summed E-state index contributed by atoms with van der Waals surface area (Å²) in [6, 6.07) is 2.30. The van der Waals surface area contributed by atoms with Gasteiger partial charge < -0.3 is 10.4 Å². The fraction of sp³-hybridized carbons (Fsp3) is 0.778. The molecule has 1 heterocycles. The summed E-state index contributed by atoms with van der Waals surface area (Å²) < 4.78 is 31.7. The van der Waals surface area contributed by atoms with Crippen molar-refractivity contribution in [1.29, 1.82) is 5.26 Å². The van der Waals surface area contributed by atoms with Gasteiger partial charge in [-0.2, -0.15) is 18.4 Å². The highest BCUT2D eigenvalue weighted by atomic mass is 19.4. The molecule has 0 aromatic carbocycles. The van der Waals surface area contributed by atoms with Crippen molar-refractivity contribution in [3.8, 4) is 6.07 Å². The van der Waals surface area contributed by atoms with E-state index in [1.807, 2.05) is 0 Å². The lowest BCUT2D eigenvalue weighted by molar-refractivity contribution is -0.192. The number of carbonyl (C=O) groups is 1. The van der Waals surface area contributed by atoms with Crippen molar-refractivity contribution in [2.24, 2.45) is 11.3 Å². The number of nitriles is 1. The molecular formula is C9H11F3N2O2. The zero-order valence-electron chi connectivity index (χ0n) is 8.34. The highest BCUT2D eigenvalue weighted by Gasteiger charge is 2.48. The van der Waals surface area contributed by atoms with Gasteiger partial charge in [-0.25, -0.2) is 4.79 Å². The molecule has 0 bridgehead atoms. The van der Waals surface area contributed by atoms with Gasteiger partial charge in [-0.15, -0.1) is 0 Å². The molecule has 2 rings (SSSR count). The number of nitrogens with one attached hydrogen (secondary N) is 1. The maximum atomic E-state index is 10.6. The van der Waals surface area contributed by atoms with Gasteiger partial charge in [-0.3, -0.25) is 0 Å². The van der Waals surface area contributed by atoms with Gasteiger partial charge in [-0.05, 0) is 18.3 Å². The number of hydrogen-bond donors (Lipinski definition) is 2. The maximum absolute atomic E-state index is 10.6. The Morgan fingerprint density at radius 1 is 1.44 bits per heavy atom. The second kappa shape index (κ2) is 4.29. The van der Waals surface area contributed by atoms with Crippen LogP contribution in [0.1, 0.15) is 12.8 Å². The minimum atomic E-state index is -5.08. The molecular weight excluding hydrogens is 225 g/mol. The molecule has 1 aliphatic carbocycles. The smallest absolute Gasteiger partial charge is 0.475 e. The maximum Gasteiger partial charge on any atom is 0.490 e. The van der Waals surface area contributed by atoms with Crippen molar-refractivity contribution in [3.63, 3.8) is 0 Å². The van der Waals surface area contributed by atoms with E-state index < -0.39 is 12.1 Å². The quantitative estimate of drug-likeness (QED) is 0.661. The van der Waals surface area contributed by atoms with Crippen LogP contribution >= 0.6 is 0 Å². The molecule has 7 heteroatoms. The average molecular weight is 236 g/mol. The van der Waals surface area contributed by atoms with Crippen LogP contribution in [-0.4, -0.2) is 30.3 Å². The van der Waals surface area contributed by atoms with E-state index in [4.69, 9.17) is 15.2 Å². The normalized spacial score (nSPS) is 22.1. The van der Waals surface area contributed by atoms with Crippen molar-refractivity contribution in [2.75, 3.05) is 13.1 Å². The van der Waals surface area contributed by atoms with Crippen LogP contribution in [0.3, 0.4) is 0 Å². The average Bonchev–Trinajstić information content (AvgIpc) is 1.98. The van der Waals surface area contributed by atoms with Gasteiger partial charge in [0.1, 0.15) is 0 Å². The third-order valence-corrected chi connectivity index (χ3v) is 2.78. The predicted molar refractivity (Wildman–Crippen MR) is 47.3 cm³/mol. The third kappa shape index (κ3) is 2.85. The topological polar surface area (TPSA) is 73.1 Å². The molecule has 4 nitrogen and oxygen atoms in total. The SMILES string of the molecule is N#CC1CC2(CNC2)C1.O=C(O)C(F)(F)F. The number of carboxylic acids is 1. The lowest BCUT2D eigenvalue weighted by Crippen LogP contribution is -2.59. The summed E-state index contributed by atoms with van der Waals surface area (Å²) >= 11 is 0. The fourth-order valence-corrected chi connectivity index (χ4v) is 1.84. The Bertz CT molecular complexity index is 310. The van der Waals surface area contributed by atoms with Gasteiger partial charge in [0.05, 0.1) is 6.07 Å². The lowest BCUT2D eigenvalue weighted by Gasteiger charge is -2.52. The Morgan fingerprint density at radius 2 is 1.88 bits per heavy atom. The summed E-state index contributed by atoms with van der Waals surface area (Å²) in [6.07, 6.45) is -2.78. The van der Waals surface area contributed by atoms with E-state index in [9.17, 15) is 13.2 Å². The first-order valence-corrected chi connectivity index (χ1v) is 4.69. The second-order valence-electron chi connectivity index (χ2n) is 4.14. The van der Waals surface area contributed by atoms with Crippen molar-refractivity contribution >= 4 is 5.97 Å². The molecule has 1 saturated carbocycles. The zero-order chi connectivity index (χ0) is 12.4. The molecule has 16 heavy (non-hydrogen) atoms. The minimum absolute atomic E-state index is 0.382. The van der Waals surface area contributed by atoms with Gasteiger partial charge in [0.2, 0.25) is 0 Å². The first kappa shape index (κ1) is 12.8. The molecule has 90 valence electrons. The number of hydrogen-bond acceptors (Lipinski definition) is 3. The molecule has 2 aliphatic rings. The zero-order valence-corrected chi connectivity index (χ0v) is 8.34. The van der Waals surface area contributed by atoms with Crippen molar-refractivity contribution in [1.82, 2.24) is 5.32 Å². The largest absolute Gasteiger partial charge is 0.490 e. The van der Waals surface area contributed by atoms with Crippen molar-refractivity contribution in [2.45, 2.75) is 19.0 Å². The number of rotatable bonds is 0. The third-order valence-electron chi connectivity index (χ3n) is 2.78. The number of halogens is 3. The van der Waals surface area contributed by atoms with E-state index in [0.29, 0.717) is 11.3 Å². The predicted octanol–water partition coefficient (Wildman–Crippen LogP) is 1.14. The number of alkyl halides is 3. The fourth-order valence-electron chi connectivity index (χ4n) is 1.84. The van der Waals surface area contributed by atoms with E-state index in [-0.39, 0.29) is 0 Å². The first-order chi connectivity index (χ1) is 7.29. The standard InChI is InChI=1S/C7H10N2.C2HF3O2/c8-3-6-1-7(2-6)4-9-5-7;3-2(4,5)1(6)7/h6,9H,1-2,4-5H2;(H,6,7). The molecule has 0 aromatic rings. The molecule has 1 spiro atoms. The van der Waals surface area contributed by atoms with Gasteiger partial charge in [0, 0.05) is 19.0 Å². The Hall–Kier alpha value is -1.29. The minimum Gasteiger partial charge on any atom is -0.475 e. The van der Waals surface area contributed by atoms with Crippen LogP contribution in [0.15, 0.2) is 0 Å². The van der Waals surface area contributed by atoms with Crippen LogP contribution in [0.5, 0.6) is 0 Å². The Kier molecular flexibility index (Phi) is 3.43. The van der Waals surface area contributed by atoms with Crippen LogP contribution in [-0.2, 0) is 4.79 Å². The van der Waals surface area contributed by atoms with Gasteiger partial charge >= 0.3 is 12.1 Å². The van der Waals surface area contributed by atoms with E-state index in [0.717, 1.165) is 25.9 Å². The van der Waals surface area contributed by atoms with Gasteiger partial charge in [-0.1, -0.05) is 0 Å². The van der Waals surface area contributed by atoms with E-state index in [1.54, 1.807) is 0 Å². The molecule has 1 aliphatic heterocycles. The van der Waals surface area contributed by atoms with Crippen LogP contribution in [0, 0.1) is 22.7 Å². The van der Waals surface area contributed by atoms with Crippen LogP contribution < -0.4 is 5.32 Å².